The van der Waals surface area contributed by atoms with E-state index in [1.807, 2.05) is 98.0 Å². The Morgan fingerprint density at radius 3 is 2.27 bits per heavy atom. The lowest BCUT2D eigenvalue weighted by molar-refractivity contribution is -0.115. The number of amides is 1. The maximum atomic E-state index is 13.2. The van der Waals surface area contributed by atoms with Crippen molar-refractivity contribution in [1.82, 2.24) is 9.55 Å². The van der Waals surface area contributed by atoms with Gasteiger partial charge in [-0.15, -0.1) is 11.8 Å². The highest BCUT2D eigenvalue weighted by Crippen LogP contribution is 2.36. The molecule has 0 fully saturated rings. The molecule has 1 unspecified atom stereocenters. The molecule has 4 aromatic rings. The van der Waals surface area contributed by atoms with Gasteiger partial charge < -0.3 is 9.88 Å². The second-order valence-corrected chi connectivity index (χ2v) is 8.19. The zero-order valence-corrected chi connectivity index (χ0v) is 17.5. The lowest BCUT2D eigenvalue weighted by atomic mass is 10.1. The van der Waals surface area contributed by atoms with Crippen LogP contribution in [0.3, 0.4) is 0 Å². The highest BCUT2D eigenvalue weighted by Gasteiger charge is 2.22. The van der Waals surface area contributed by atoms with E-state index in [0.717, 1.165) is 34.1 Å². The van der Waals surface area contributed by atoms with Gasteiger partial charge in [-0.05, 0) is 42.3 Å². The van der Waals surface area contributed by atoms with Gasteiger partial charge in [-0.1, -0.05) is 60.7 Å². The molecule has 0 aliphatic carbocycles. The summed E-state index contributed by atoms with van der Waals surface area (Å²) in [4.78, 5) is 18.5. The van der Waals surface area contributed by atoms with Crippen LogP contribution in [-0.2, 0) is 11.3 Å². The molecule has 4 nitrogen and oxygen atoms in total. The fourth-order valence-electron chi connectivity index (χ4n) is 3.20. The van der Waals surface area contributed by atoms with E-state index in [1.54, 1.807) is 18.0 Å². The van der Waals surface area contributed by atoms with Crippen molar-refractivity contribution >= 4 is 23.4 Å². The fraction of sp³-hybridized carbons (Fsp3) is 0.120. The molecule has 1 aromatic heterocycles. The van der Waals surface area contributed by atoms with Crippen molar-refractivity contribution in [3.8, 4) is 0 Å². The first-order valence-electron chi connectivity index (χ1n) is 9.83. The lowest BCUT2D eigenvalue weighted by Gasteiger charge is -2.17. The number of aromatic nitrogens is 2. The minimum Gasteiger partial charge on any atom is -0.331 e. The third-order valence-electron chi connectivity index (χ3n) is 4.84. The van der Waals surface area contributed by atoms with Crippen LogP contribution in [0.25, 0.3) is 0 Å². The summed E-state index contributed by atoms with van der Waals surface area (Å²) in [5.74, 6) is 0.948. The molecule has 1 heterocycles. The number of thioether (sulfide) groups is 1. The molecule has 0 aliphatic rings. The molecule has 1 amide bonds. The van der Waals surface area contributed by atoms with Crippen molar-refractivity contribution in [2.75, 3.05) is 5.32 Å². The molecule has 1 N–H and O–H groups in total. The zero-order chi connectivity index (χ0) is 20.8. The number of aryl methyl sites for hydroxylation is 1. The minimum absolute atomic E-state index is 0.0340. The van der Waals surface area contributed by atoms with Crippen molar-refractivity contribution in [1.29, 1.82) is 0 Å². The first-order chi connectivity index (χ1) is 14.7. The average molecular weight is 414 g/mol. The number of hydrogen-bond donors (Lipinski definition) is 1. The number of hydrogen-bond acceptors (Lipinski definition) is 3. The number of anilines is 1. The van der Waals surface area contributed by atoms with Gasteiger partial charge in [-0.2, -0.15) is 0 Å². The van der Waals surface area contributed by atoms with Crippen molar-refractivity contribution < 1.29 is 4.79 Å². The molecule has 0 saturated carbocycles. The zero-order valence-electron chi connectivity index (χ0n) is 16.7. The van der Waals surface area contributed by atoms with Gasteiger partial charge in [0.25, 0.3) is 0 Å². The normalized spacial score (nSPS) is 11.8. The van der Waals surface area contributed by atoms with E-state index in [1.165, 1.54) is 0 Å². The standard InChI is InChI=1S/C25H23N3OS/c1-19-26-16-17-28(19)18-20-12-14-22(15-13-20)27-25(29)24(21-8-4-2-5-9-21)30-23-10-6-3-7-11-23/h2-17,24H,18H2,1H3,(H,27,29). The summed E-state index contributed by atoms with van der Waals surface area (Å²) in [5, 5.41) is 2.75. The summed E-state index contributed by atoms with van der Waals surface area (Å²) in [6.07, 6.45) is 3.77. The highest BCUT2D eigenvalue weighted by atomic mass is 32.2. The van der Waals surface area contributed by atoms with E-state index < -0.39 is 0 Å². The van der Waals surface area contributed by atoms with Crippen molar-refractivity contribution in [3.05, 3.63) is 114 Å². The van der Waals surface area contributed by atoms with Crippen LogP contribution in [0.4, 0.5) is 5.69 Å². The van der Waals surface area contributed by atoms with Crippen LogP contribution in [0, 0.1) is 6.92 Å². The van der Waals surface area contributed by atoms with Gasteiger partial charge in [0.1, 0.15) is 11.1 Å². The Bertz CT molecular complexity index is 1090. The SMILES string of the molecule is Cc1nccn1Cc1ccc(NC(=O)C(Sc2ccccc2)c2ccccc2)cc1. The number of nitrogens with one attached hydrogen (secondary N) is 1. The van der Waals surface area contributed by atoms with Crippen LogP contribution in [0.15, 0.2) is 102 Å². The largest absolute Gasteiger partial charge is 0.331 e. The summed E-state index contributed by atoms with van der Waals surface area (Å²) < 4.78 is 2.09. The van der Waals surface area contributed by atoms with E-state index in [0.29, 0.717) is 0 Å². The first-order valence-corrected chi connectivity index (χ1v) is 10.7. The van der Waals surface area contributed by atoms with E-state index in [9.17, 15) is 4.79 Å². The highest BCUT2D eigenvalue weighted by molar-refractivity contribution is 8.00. The maximum Gasteiger partial charge on any atom is 0.242 e. The Kier molecular flexibility index (Phi) is 6.30. The lowest BCUT2D eigenvalue weighted by Crippen LogP contribution is -2.19. The number of carbonyl (C=O) groups excluding carboxylic acids is 1. The smallest absolute Gasteiger partial charge is 0.242 e. The number of carbonyl (C=O) groups is 1. The summed E-state index contributed by atoms with van der Waals surface area (Å²) in [6.45, 7) is 2.75. The Hall–Kier alpha value is -3.31. The molecule has 30 heavy (non-hydrogen) atoms. The summed E-state index contributed by atoms with van der Waals surface area (Å²) in [7, 11) is 0. The molecule has 0 bridgehead atoms. The topological polar surface area (TPSA) is 46.9 Å². The molecule has 1 atom stereocenters. The molecule has 0 radical (unpaired) electrons. The summed E-state index contributed by atoms with van der Waals surface area (Å²) in [5.41, 5.74) is 2.93. The first kappa shape index (κ1) is 20.0. The van der Waals surface area contributed by atoms with Crippen LogP contribution >= 0.6 is 11.8 Å². The van der Waals surface area contributed by atoms with E-state index >= 15 is 0 Å². The van der Waals surface area contributed by atoms with Crippen LogP contribution in [0.1, 0.15) is 22.2 Å². The predicted octanol–water partition coefficient (Wildman–Crippen LogP) is 5.71. The Morgan fingerprint density at radius 2 is 1.63 bits per heavy atom. The molecular formula is C25H23N3OS. The van der Waals surface area contributed by atoms with Gasteiger partial charge >= 0.3 is 0 Å². The maximum absolute atomic E-state index is 13.2. The molecule has 3 aromatic carbocycles. The molecule has 0 aliphatic heterocycles. The Morgan fingerprint density at radius 1 is 0.967 bits per heavy atom. The molecule has 0 saturated heterocycles. The van der Waals surface area contributed by atoms with E-state index in [4.69, 9.17) is 0 Å². The van der Waals surface area contributed by atoms with E-state index in [2.05, 4.69) is 14.9 Å². The van der Waals surface area contributed by atoms with Crippen LogP contribution in [0.5, 0.6) is 0 Å². The number of benzene rings is 3. The van der Waals surface area contributed by atoms with Gasteiger partial charge in [-0.25, -0.2) is 4.98 Å². The third-order valence-corrected chi connectivity index (χ3v) is 6.10. The van der Waals surface area contributed by atoms with Gasteiger partial charge in [0.2, 0.25) is 5.91 Å². The number of imidazole rings is 1. The van der Waals surface area contributed by atoms with Crippen molar-refractivity contribution in [2.45, 2.75) is 23.6 Å². The van der Waals surface area contributed by atoms with Gasteiger partial charge in [-0.3, -0.25) is 4.79 Å². The second kappa shape index (κ2) is 9.46. The van der Waals surface area contributed by atoms with Crippen LogP contribution in [-0.4, -0.2) is 15.5 Å². The minimum atomic E-state index is -0.332. The Balaban J connectivity index is 1.48. The third kappa shape index (κ3) is 4.99. The van der Waals surface area contributed by atoms with Gasteiger partial charge in [0, 0.05) is 29.5 Å². The van der Waals surface area contributed by atoms with Crippen molar-refractivity contribution in [2.24, 2.45) is 0 Å². The summed E-state index contributed by atoms with van der Waals surface area (Å²) in [6, 6.07) is 27.9. The monoisotopic (exact) mass is 413 g/mol. The second-order valence-electron chi connectivity index (χ2n) is 7.01. The number of nitrogens with zero attached hydrogens (tertiary/aromatic N) is 2. The molecular weight excluding hydrogens is 390 g/mol. The Labute approximate surface area is 181 Å². The molecule has 4 rings (SSSR count). The van der Waals surface area contributed by atoms with Crippen LogP contribution < -0.4 is 5.32 Å². The van der Waals surface area contributed by atoms with Gasteiger partial charge in [0.05, 0.1) is 0 Å². The fourth-order valence-corrected chi connectivity index (χ4v) is 4.25. The van der Waals surface area contributed by atoms with E-state index in [-0.39, 0.29) is 11.2 Å². The molecule has 5 heteroatoms. The van der Waals surface area contributed by atoms with Crippen molar-refractivity contribution in [3.63, 3.8) is 0 Å². The van der Waals surface area contributed by atoms with Gasteiger partial charge in [0.15, 0.2) is 0 Å². The molecule has 150 valence electrons. The average Bonchev–Trinajstić information content (AvgIpc) is 3.19. The predicted molar refractivity (Wildman–Crippen MR) is 123 cm³/mol. The number of rotatable bonds is 7. The summed E-state index contributed by atoms with van der Waals surface area (Å²) >= 11 is 1.55. The molecule has 0 spiro atoms. The van der Waals surface area contributed by atoms with Crippen LogP contribution in [0.2, 0.25) is 0 Å². The quantitative estimate of drug-likeness (QED) is 0.395.